The monoisotopic (exact) mass is 210 g/mol. The van der Waals surface area contributed by atoms with Crippen molar-refractivity contribution in [1.29, 1.82) is 0 Å². The minimum absolute atomic E-state index is 0.387. The number of nitrogens with two attached hydrogens (primary N) is 1. The lowest BCUT2D eigenvalue weighted by Crippen LogP contribution is -2.57. The van der Waals surface area contributed by atoms with E-state index in [0.29, 0.717) is 5.54 Å². The molecular formula is C13H26N2. The average molecular weight is 210 g/mol. The first-order valence-electron chi connectivity index (χ1n) is 6.72. The summed E-state index contributed by atoms with van der Waals surface area (Å²) in [4.78, 5) is 2.71. The molecule has 0 aromatic carbocycles. The minimum atomic E-state index is 0.387. The summed E-state index contributed by atoms with van der Waals surface area (Å²) in [7, 11) is 0. The van der Waals surface area contributed by atoms with Gasteiger partial charge >= 0.3 is 0 Å². The van der Waals surface area contributed by atoms with E-state index >= 15 is 0 Å². The van der Waals surface area contributed by atoms with Crippen LogP contribution in [0.25, 0.3) is 0 Å². The van der Waals surface area contributed by atoms with Crippen molar-refractivity contribution < 1.29 is 0 Å². The summed E-state index contributed by atoms with van der Waals surface area (Å²) < 4.78 is 0. The van der Waals surface area contributed by atoms with Gasteiger partial charge in [0, 0.05) is 12.1 Å². The van der Waals surface area contributed by atoms with Gasteiger partial charge in [0.25, 0.3) is 0 Å². The molecule has 0 aromatic rings. The summed E-state index contributed by atoms with van der Waals surface area (Å²) in [5.41, 5.74) is 6.45. The Hall–Kier alpha value is -0.0800. The van der Waals surface area contributed by atoms with Crippen LogP contribution in [0.3, 0.4) is 0 Å². The van der Waals surface area contributed by atoms with Gasteiger partial charge in [0.15, 0.2) is 0 Å². The van der Waals surface area contributed by atoms with Crippen molar-refractivity contribution in [2.45, 2.75) is 57.4 Å². The maximum Gasteiger partial charge on any atom is 0.0331 e. The predicted octanol–water partition coefficient (Wildman–Crippen LogP) is 2.38. The summed E-state index contributed by atoms with van der Waals surface area (Å²) in [6.45, 7) is 5.84. The molecule has 1 saturated heterocycles. The van der Waals surface area contributed by atoms with Gasteiger partial charge in [0.2, 0.25) is 0 Å². The van der Waals surface area contributed by atoms with E-state index in [2.05, 4.69) is 11.8 Å². The zero-order valence-electron chi connectivity index (χ0n) is 10.2. The van der Waals surface area contributed by atoms with E-state index in [9.17, 15) is 0 Å². The van der Waals surface area contributed by atoms with Crippen molar-refractivity contribution in [2.75, 3.05) is 19.6 Å². The highest BCUT2D eigenvalue weighted by Crippen LogP contribution is 2.35. The third-order valence-electron chi connectivity index (χ3n) is 4.62. The van der Waals surface area contributed by atoms with Crippen molar-refractivity contribution in [3.8, 4) is 0 Å². The van der Waals surface area contributed by atoms with Gasteiger partial charge in [-0.25, -0.2) is 0 Å². The molecule has 1 saturated carbocycles. The number of hydrogen-bond acceptors (Lipinski definition) is 2. The van der Waals surface area contributed by atoms with Gasteiger partial charge in [0.05, 0.1) is 0 Å². The lowest BCUT2D eigenvalue weighted by Gasteiger charge is -2.48. The van der Waals surface area contributed by atoms with Crippen molar-refractivity contribution in [3.63, 3.8) is 0 Å². The maximum atomic E-state index is 6.06. The summed E-state index contributed by atoms with van der Waals surface area (Å²) >= 11 is 0. The van der Waals surface area contributed by atoms with Gasteiger partial charge in [-0.15, -0.1) is 0 Å². The molecule has 88 valence electrons. The lowest BCUT2D eigenvalue weighted by molar-refractivity contribution is 0.0291. The molecular weight excluding hydrogens is 184 g/mol. The number of likely N-dealkylation sites (tertiary alicyclic amines) is 1. The second-order valence-corrected chi connectivity index (χ2v) is 5.66. The smallest absolute Gasteiger partial charge is 0.0331 e. The predicted molar refractivity (Wildman–Crippen MR) is 64.8 cm³/mol. The molecule has 1 aliphatic carbocycles. The highest BCUT2D eigenvalue weighted by Gasteiger charge is 2.37. The van der Waals surface area contributed by atoms with Crippen LogP contribution < -0.4 is 5.73 Å². The number of nitrogens with zero attached hydrogens (tertiary/aromatic N) is 1. The number of piperidine rings is 1. The highest BCUT2D eigenvalue weighted by atomic mass is 15.2. The third-order valence-corrected chi connectivity index (χ3v) is 4.62. The van der Waals surface area contributed by atoms with Gasteiger partial charge < -0.3 is 5.73 Å². The van der Waals surface area contributed by atoms with Crippen molar-refractivity contribution in [3.05, 3.63) is 0 Å². The van der Waals surface area contributed by atoms with Crippen LogP contribution in [0.2, 0.25) is 0 Å². The standard InChI is InChI=1S/C13H26N2/c1-12-5-9-15(10-6-12)13(11-14)7-3-2-4-8-13/h12H,2-11,14H2,1H3. The molecule has 1 aliphatic heterocycles. The van der Waals surface area contributed by atoms with E-state index in [0.717, 1.165) is 12.5 Å². The molecule has 2 aliphatic rings. The lowest BCUT2D eigenvalue weighted by atomic mass is 9.79. The highest BCUT2D eigenvalue weighted by molar-refractivity contribution is 4.95. The van der Waals surface area contributed by atoms with E-state index in [4.69, 9.17) is 5.73 Å². The zero-order chi connectivity index (χ0) is 10.7. The van der Waals surface area contributed by atoms with Crippen molar-refractivity contribution in [2.24, 2.45) is 11.7 Å². The van der Waals surface area contributed by atoms with Crippen LogP contribution in [0.4, 0.5) is 0 Å². The van der Waals surface area contributed by atoms with Crippen LogP contribution in [0.15, 0.2) is 0 Å². The molecule has 0 amide bonds. The Morgan fingerprint density at radius 1 is 1.13 bits per heavy atom. The Morgan fingerprint density at radius 3 is 2.27 bits per heavy atom. The maximum absolute atomic E-state index is 6.06. The summed E-state index contributed by atoms with van der Waals surface area (Å²) in [5.74, 6) is 0.930. The molecule has 15 heavy (non-hydrogen) atoms. The molecule has 0 spiro atoms. The molecule has 2 N–H and O–H groups in total. The van der Waals surface area contributed by atoms with Crippen LogP contribution >= 0.6 is 0 Å². The van der Waals surface area contributed by atoms with Crippen molar-refractivity contribution >= 4 is 0 Å². The summed E-state index contributed by atoms with van der Waals surface area (Å²) in [6.07, 6.45) is 9.65. The average Bonchev–Trinajstić information content (AvgIpc) is 2.31. The fraction of sp³-hybridized carbons (Fsp3) is 1.00. The van der Waals surface area contributed by atoms with Crippen LogP contribution in [-0.4, -0.2) is 30.1 Å². The Labute approximate surface area is 94.2 Å². The Morgan fingerprint density at radius 2 is 1.73 bits per heavy atom. The topological polar surface area (TPSA) is 29.3 Å². The summed E-state index contributed by atoms with van der Waals surface area (Å²) in [6, 6.07) is 0. The molecule has 2 nitrogen and oxygen atoms in total. The normalized spacial score (nSPS) is 29.2. The molecule has 2 rings (SSSR count). The van der Waals surface area contributed by atoms with Gasteiger partial charge in [-0.3, -0.25) is 4.90 Å². The molecule has 2 heteroatoms. The van der Waals surface area contributed by atoms with E-state index in [1.54, 1.807) is 0 Å². The first-order chi connectivity index (χ1) is 7.27. The van der Waals surface area contributed by atoms with Crippen LogP contribution in [-0.2, 0) is 0 Å². The molecule has 0 bridgehead atoms. The molecule has 0 radical (unpaired) electrons. The van der Waals surface area contributed by atoms with Gasteiger partial charge in [0.1, 0.15) is 0 Å². The minimum Gasteiger partial charge on any atom is -0.329 e. The number of rotatable bonds is 2. The van der Waals surface area contributed by atoms with Crippen LogP contribution in [0, 0.1) is 5.92 Å². The Balaban J connectivity index is 1.98. The van der Waals surface area contributed by atoms with E-state index in [-0.39, 0.29) is 0 Å². The fourth-order valence-electron chi connectivity index (χ4n) is 3.34. The molecule has 2 fully saturated rings. The first kappa shape index (κ1) is 11.4. The quantitative estimate of drug-likeness (QED) is 0.758. The van der Waals surface area contributed by atoms with E-state index in [1.165, 1.54) is 58.0 Å². The Kier molecular flexibility index (Phi) is 3.68. The molecule has 1 heterocycles. The third kappa shape index (κ3) is 2.36. The van der Waals surface area contributed by atoms with Crippen LogP contribution in [0.1, 0.15) is 51.9 Å². The zero-order valence-corrected chi connectivity index (χ0v) is 10.2. The Bertz CT molecular complexity index is 189. The van der Waals surface area contributed by atoms with Crippen molar-refractivity contribution in [1.82, 2.24) is 4.90 Å². The van der Waals surface area contributed by atoms with Crippen LogP contribution in [0.5, 0.6) is 0 Å². The van der Waals surface area contributed by atoms with Gasteiger partial charge in [-0.2, -0.15) is 0 Å². The fourth-order valence-corrected chi connectivity index (χ4v) is 3.34. The van der Waals surface area contributed by atoms with E-state index < -0.39 is 0 Å². The molecule has 0 aromatic heterocycles. The molecule has 0 atom stereocenters. The van der Waals surface area contributed by atoms with Gasteiger partial charge in [-0.05, 0) is 44.7 Å². The second-order valence-electron chi connectivity index (χ2n) is 5.66. The first-order valence-corrected chi connectivity index (χ1v) is 6.72. The summed E-state index contributed by atoms with van der Waals surface area (Å²) in [5, 5.41) is 0. The largest absolute Gasteiger partial charge is 0.329 e. The second kappa shape index (κ2) is 4.84. The SMILES string of the molecule is CC1CCN(C2(CN)CCCCC2)CC1. The number of hydrogen-bond donors (Lipinski definition) is 1. The van der Waals surface area contributed by atoms with Gasteiger partial charge in [-0.1, -0.05) is 26.2 Å². The molecule has 0 unspecified atom stereocenters. The van der Waals surface area contributed by atoms with E-state index in [1.807, 2.05) is 0 Å².